The molecule has 1 unspecified atom stereocenters. The van der Waals surface area contributed by atoms with Gasteiger partial charge in [-0.25, -0.2) is 0 Å². The van der Waals surface area contributed by atoms with Gasteiger partial charge >= 0.3 is 0 Å². The second kappa shape index (κ2) is 10.4. The molecule has 5 heteroatoms. The van der Waals surface area contributed by atoms with Gasteiger partial charge in [-0.05, 0) is 43.9 Å². The van der Waals surface area contributed by atoms with E-state index in [-0.39, 0.29) is 12.0 Å². The van der Waals surface area contributed by atoms with Crippen LogP contribution in [-0.2, 0) is 15.3 Å². The number of para-hydroxylation sites is 2. The summed E-state index contributed by atoms with van der Waals surface area (Å²) in [4.78, 5) is 12.3. The summed E-state index contributed by atoms with van der Waals surface area (Å²) in [5.74, 6) is 1.92. The van der Waals surface area contributed by atoms with Gasteiger partial charge in [0, 0.05) is 12.4 Å². The Kier molecular flexibility index (Phi) is 7.60. The van der Waals surface area contributed by atoms with Crippen molar-refractivity contribution < 1.29 is 14.3 Å². The molecule has 1 aliphatic rings. The largest absolute Gasteiger partial charge is 0.489 e. The highest BCUT2D eigenvalue weighted by atomic mass is 32.2. The third-order valence-electron chi connectivity index (χ3n) is 4.44. The van der Waals surface area contributed by atoms with E-state index >= 15 is 0 Å². The van der Waals surface area contributed by atoms with Crippen LogP contribution in [0, 0.1) is 6.92 Å². The Balaban J connectivity index is 1.47. The van der Waals surface area contributed by atoms with Crippen molar-refractivity contribution in [1.29, 1.82) is 0 Å². The van der Waals surface area contributed by atoms with Gasteiger partial charge in [0.15, 0.2) is 0 Å². The zero-order valence-electron chi connectivity index (χ0n) is 15.8. The van der Waals surface area contributed by atoms with Crippen LogP contribution in [0.25, 0.3) is 0 Å². The fourth-order valence-electron chi connectivity index (χ4n) is 3.07. The molecule has 1 saturated heterocycles. The Morgan fingerprint density at radius 1 is 1.22 bits per heavy atom. The molecule has 2 aromatic rings. The molecule has 0 bridgehead atoms. The first kappa shape index (κ1) is 19.8. The number of rotatable bonds is 8. The standard InChI is InChI=1S/C22H27NO3S/c1-17-7-6-8-18(13-17)15-27-16-22(24)23-20-10-2-3-11-21(20)26-14-19-9-4-5-12-25-19/h2-3,6-8,10-11,13,19H,4-5,9,12,14-16H2,1H3,(H,23,24). The molecule has 27 heavy (non-hydrogen) atoms. The number of aryl methyl sites for hydroxylation is 1. The molecular weight excluding hydrogens is 358 g/mol. The van der Waals surface area contributed by atoms with Gasteiger partial charge in [-0.15, -0.1) is 11.8 Å². The Morgan fingerprint density at radius 2 is 2.11 bits per heavy atom. The van der Waals surface area contributed by atoms with Crippen LogP contribution in [0.3, 0.4) is 0 Å². The maximum absolute atomic E-state index is 12.3. The predicted octanol–water partition coefficient (Wildman–Crippen LogP) is 4.81. The van der Waals surface area contributed by atoms with Gasteiger partial charge in [0.1, 0.15) is 12.4 Å². The van der Waals surface area contributed by atoms with Crippen molar-refractivity contribution in [3.05, 3.63) is 59.7 Å². The number of nitrogens with one attached hydrogen (secondary N) is 1. The van der Waals surface area contributed by atoms with Crippen LogP contribution in [0.5, 0.6) is 5.75 Å². The lowest BCUT2D eigenvalue weighted by Crippen LogP contribution is -2.26. The molecule has 1 fully saturated rings. The van der Waals surface area contributed by atoms with Crippen molar-refractivity contribution in [3.8, 4) is 5.75 Å². The van der Waals surface area contributed by atoms with Gasteiger partial charge in [0.2, 0.25) is 5.91 Å². The highest BCUT2D eigenvalue weighted by Gasteiger charge is 2.15. The number of ether oxygens (including phenoxy) is 2. The number of thioether (sulfide) groups is 1. The van der Waals surface area contributed by atoms with E-state index in [1.54, 1.807) is 11.8 Å². The molecule has 0 spiro atoms. The van der Waals surface area contributed by atoms with E-state index in [1.165, 1.54) is 17.5 Å². The fourth-order valence-corrected chi connectivity index (χ4v) is 3.84. The Bertz CT molecular complexity index is 744. The van der Waals surface area contributed by atoms with Crippen molar-refractivity contribution >= 4 is 23.4 Å². The van der Waals surface area contributed by atoms with Crippen LogP contribution >= 0.6 is 11.8 Å². The van der Waals surface area contributed by atoms with Gasteiger partial charge in [-0.1, -0.05) is 42.0 Å². The van der Waals surface area contributed by atoms with Crippen molar-refractivity contribution in [3.63, 3.8) is 0 Å². The number of hydrogen-bond donors (Lipinski definition) is 1. The van der Waals surface area contributed by atoms with Crippen molar-refractivity contribution in [1.82, 2.24) is 0 Å². The van der Waals surface area contributed by atoms with Crippen molar-refractivity contribution in [2.75, 3.05) is 24.3 Å². The SMILES string of the molecule is Cc1cccc(CSCC(=O)Nc2ccccc2OCC2CCCCO2)c1. The van der Waals surface area contributed by atoms with Crippen molar-refractivity contribution in [2.45, 2.75) is 38.0 Å². The highest BCUT2D eigenvalue weighted by molar-refractivity contribution is 7.99. The van der Waals surface area contributed by atoms with Crippen LogP contribution < -0.4 is 10.1 Å². The molecule has 144 valence electrons. The fraction of sp³-hybridized carbons (Fsp3) is 0.409. The average molecular weight is 386 g/mol. The molecule has 1 heterocycles. The summed E-state index contributed by atoms with van der Waals surface area (Å²) in [5.41, 5.74) is 3.20. The molecule has 0 radical (unpaired) electrons. The molecule has 1 N–H and O–H groups in total. The number of carbonyl (C=O) groups excluding carboxylic acids is 1. The quantitative estimate of drug-likeness (QED) is 0.708. The minimum atomic E-state index is -0.0161. The maximum Gasteiger partial charge on any atom is 0.234 e. The normalized spacial score (nSPS) is 16.7. The van der Waals surface area contributed by atoms with Gasteiger partial charge in [0.05, 0.1) is 17.5 Å². The van der Waals surface area contributed by atoms with Crippen LogP contribution in [0.4, 0.5) is 5.69 Å². The van der Waals surface area contributed by atoms with E-state index in [4.69, 9.17) is 9.47 Å². The maximum atomic E-state index is 12.3. The Labute approximate surface area is 165 Å². The van der Waals surface area contributed by atoms with Gasteiger partial charge in [0.25, 0.3) is 0 Å². The number of carbonyl (C=O) groups is 1. The molecular formula is C22H27NO3S. The summed E-state index contributed by atoms with van der Waals surface area (Å²) >= 11 is 1.61. The number of benzene rings is 2. The van der Waals surface area contributed by atoms with E-state index < -0.39 is 0 Å². The third kappa shape index (κ3) is 6.60. The second-order valence-corrected chi connectivity index (χ2v) is 7.81. The van der Waals surface area contributed by atoms with Gasteiger partial charge < -0.3 is 14.8 Å². The highest BCUT2D eigenvalue weighted by Crippen LogP contribution is 2.25. The van der Waals surface area contributed by atoms with E-state index in [1.807, 2.05) is 24.3 Å². The van der Waals surface area contributed by atoms with Gasteiger partial charge in [-0.2, -0.15) is 0 Å². The summed E-state index contributed by atoms with van der Waals surface area (Å²) in [6.07, 6.45) is 3.49. The summed E-state index contributed by atoms with van der Waals surface area (Å²) in [6, 6.07) is 16.0. The zero-order valence-corrected chi connectivity index (χ0v) is 16.6. The van der Waals surface area contributed by atoms with Crippen LogP contribution in [0.15, 0.2) is 48.5 Å². The first-order chi connectivity index (χ1) is 13.2. The minimum Gasteiger partial charge on any atom is -0.489 e. The van der Waals surface area contributed by atoms with E-state index in [2.05, 4.69) is 36.5 Å². The lowest BCUT2D eigenvalue weighted by atomic mass is 10.1. The molecule has 4 nitrogen and oxygen atoms in total. The molecule has 0 aromatic heterocycles. The monoisotopic (exact) mass is 385 g/mol. The second-order valence-electron chi connectivity index (χ2n) is 6.83. The first-order valence-corrected chi connectivity index (χ1v) is 10.6. The van der Waals surface area contributed by atoms with Crippen molar-refractivity contribution in [2.24, 2.45) is 0 Å². The van der Waals surface area contributed by atoms with Crippen LogP contribution in [-0.4, -0.2) is 31.0 Å². The summed E-state index contributed by atoms with van der Waals surface area (Å²) in [6.45, 7) is 3.41. The molecule has 2 aromatic carbocycles. The third-order valence-corrected chi connectivity index (χ3v) is 5.45. The Hall–Kier alpha value is -1.98. The lowest BCUT2D eigenvalue weighted by molar-refractivity contribution is -0.113. The average Bonchev–Trinajstić information content (AvgIpc) is 2.68. The molecule has 0 aliphatic carbocycles. The van der Waals surface area contributed by atoms with Crippen LogP contribution in [0.2, 0.25) is 0 Å². The molecule has 1 atom stereocenters. The number of hydrogen-bond acceptors (Lipinski definition) is 4. The topological polar surface area (TPSA) is 47.6 Å². The first-order valence-electron chi connectivity index (χ1n) is 9.47. The van der Waals surface area contributed by atoms with E-state index in [0.29, 0.717) is 18.1 Å². The molecule has 1 aliphatic heterocycles. The number of anilines is 1. The van der Waals surface area contributed by atoms with Gasteiger partial charge in [-0.3, -0.25) is 4.79 Å². The molecule has 3 rings (SSSR count). The van der Waals surface area contributed by atoms with E-state index in [9.17, 15) is 4.79 Å². The summed E-state index contributed by atoms with van der Waals surface area (Å²) in [7, 11) is 0. The smallest absolute Gasteiger partial charge is 0.234 e. The van der Waals surface area contributed by atoms with Crippen LogP contribution in [0.1, 0.15) is 30.4 Å². The molecule has 1 amide bonds. The lowest BCUT2D eigenvalue weighted by Gasteiger charge is -2.23. The minimum absolute atomic E-state index is 0.0161. The molecule has 0 saturated carbocycles. The Morgan fingerprint density at radius 3 is 2.93 bits per heavy atom. The number of amides is 1. The summed E-state index contributed by atoms with van der Waals surface area (Å²) < 4.78 is 11.6. The zero-order chi connectivity index (χ0) is 18.9. The predicted molar refractivity (Wildman–Crippen MR) is 111 cm³/mol. The van der Waals surface area contributed by atoms with E-state index in [0.717, 1.165) is 30.9 Å². The summed E-state index contributed by atoms with van der Waals surface area (Å²) in [5, 5.41) is 2.97.